The Bertz CT molecular complexity index is 236. The Morgan fingerprint density at radius 2 is 1.00 bits per heavy atom. The van der Waals surface area contributed by atoms with Gasteiger partial charge in [0.25, 0.3) is 11.4 Å². The van der Waals surface area contributed by atoms with Gasteiger partial charge in [0.1, 0.15) is 0 Å². The molecule has 78 valence electrons. The second-order valence-corrected chi connectivity index (χ2v) is 4.75. The Hall–Kier alpha value is 2.61. The van der Waals surface area contributed by atoms with Crippen LogP contribution in [-0.4, -0.2) is 111 Å². The summed E-state index contributed by atoms with van der Waals surface area (Å²) >= 11 is -2.61. The van der Waals surface area contributed by atoms with E-state index in [2.05, 4.69) is 0 Å². The molecule has 0 rings (SSSR count). The van der Waals surface area contributed by atoms with Crippen molar-refractivity contribution in [2.24, 2.45) is 0 Å². The molecule has 0 spiro atoms. The third-order valence-electron chi connectivity index (χ3n) is 0.180. The molecule has 0 aliphatic rings. The molecule has 0 aromatic rings. The van der Waals surface area contributed by atoms with E-state index in [1.807, 2.05) is 0 Å². The van der Waals surface area contributed by atoms with Gasteiger partial charge >= 0.3 is 94.7 Å². The molecule has 0 aromatic heterocycles. The summed E-state index contributed by atoms with van der Waals surface area (Å²) in [5.41, 5.74) is 0. The van der Waals surface area contributed by atoms with Gasteiger partial charge in [0.2, 0.25) is 0 Å². The molecule has 4 N–H and O–H groups in total. The van der Waals surface area contributed by atoms with Gasteiger partial charge in [-0.05, 0) is 0 Å². The predicted octanol–water partition coefficient (Wildman–Crippen LogP) is -3.14. The topological polar surface area (TPSA) is 149 Å². The Morgan fingerprint density at radius 3 is 1.00 bits per heavy atom. The first-order valence-corrected chi connectivity index (χ1v) is 5.69. The summed E-state index contributed by atoms with van der Waals surface area (Å²) in [6.45, 7) is 0. The SMILES string of the molecule is O=S(O)O.O=S(O)S(=O)(=O)O.[CaH2].[CaH2]. The van der Waals surface area contributed by atoms with Crippen LogP contribution in [0.5, 0.6) is 0 Å². The van der Waals surface area contributed by atoms with Crippen LogP contribution < -0.4 is 0 Å². The molecule has 0 bridgehead atoms. The van der Waals surface area contributed by atoms with Crippen LogP contribution >= 0.6 is 0 Å². The van der Waals surface area contributed by atoms with Crippen LogP contribution in [0.2, 0.25) is 0 Å². The normalized spacial score (nSPS) is 11.5. The molecular formula is H8Ca2O8S3. The molecule has 0 saturated heterocycles. The van der Waals surface area contributed by atoms with Gasteiger partial charge in [-0.25, -0.2) is 4.21 Å². The minimum absolute atomic E-state index is 0. The van der Waals surface area contributed by atoms with Crippen LogP contribution in [0.4, 0.5) is 0 Å². The van der Waals surface area contributed by atoms with Crippen molar-refractivity contribution < 1.29 is 35.0 Å². The molecule has 1 unspecified atom stereocenters. The molecule has 13 heteroatoms. The third-order valence-corrected chi connectivity index (χ3v) is 1.62. The van der Waals surface area contributed by atoms with Crippen molar-refractivity contribution in [1.82, 2.24) is 0 Å². The molecule has 0 amide bonds. The molecule has 1 atom stereocenters. The van der Waals surface area contributed by atoms with Crippen LogP contribution in [0.15, 0.2) is 0 Å². The van der Waals surface area contributed by atoms with E-state index in [-0.39, 0.29) is 75.5 Å². The van der Waals surface area contributed by atoms with Gasteiger partial charge < -0.3 is 0 Å². The fourth-order valence-electron chi connectivity index (χ4n) is 0. The molecule has 0 aliphatic heterocycles. The Labute approximate surface area is 138 Å². The van der Waals surface area contributed by atoms with Gasteiger partial charge in [-0.1, -0.05) is 0 Å². The monoisotopic (exact) mass is 312 g/mol. The van der Waals surface area contributed by atoms with Crippen LogP contribution in [0, 0.1) is 0 Å². The van der Waals surface area contributed by atoms with Gasteiger partial charge in [0.05, 0.1) is 0 Å². The summed E-state index contributed by atoms with van der Waals surface area (Å²) in [7, 11) is -7.87. The van der Waals surface area contributed by atoms with E-state index in [0.717, 1.165) is 0 Å². The minimum atomic E-state index is -4.71. The van der Waals surface area contributed by atoms with Gasteiger partial charge in [-0.3, -0.25) is 18.2 Å². The molecule has 0 aromatic carbocycles. The average molecular weight is 312 g/mol. The summed E-state index contributed by atoms with van der Waals surface area (Å²) in [5.74, 6) is 0. The second-order valence-electron chi connectivity index (χ2n) is 0.876. The van der Waals surface area contributed by atoms with Crippen molar-refractivity contribution in [2.75, 3.05) is 0 Å². The Kier molecular flexibility index (Phi) is 24.1. The molecule has 0 fully saturated rings. The fourth-order valence-corrected chi connectivity index (χ4v) is 0. The summed E-state index contributed by atoms with van der Waals surface area (Å²) in [5, 5.41) is 0. The molecule has 0 heterocycles. The molecular weight excluding hydrogens is 304 g/mol. The number of hydrogen-bond donors (Lipinski definition) is 4. The van der Waals surface area contributed by atoms with Crippen molar-refractivity contribution in [1.29, 1.82) is 0 Å². The van der Waals surface area contributed by atoms with E-state index < -0.39 is 30.6 Å². The Balaban J connectivity index is -0.0000000600. The second kappa shape index (κ2) is 12.7. The van der Waals surface area contributed by atoms with E-state index >= 15 is 0 Å². The van der Waals surface area contributed by atoms with Crippen LogP contribution in [0.3, 0.4) is 0 Å². The maximum atomic E-state index is 9.34. The molecule has 8 nitrogen and oxygen atoms in total. The molecule has 13 heavy (non-hydrogen) atoms. The molecule has 0 saturated carbocycles. The standard InChI is InChI=1S/2Ca.H2O5S2.H2O3S.4H/c;;1-6(2)7(3,4)5;1-4(2)3;;;;/h;;(H,1,2)(H,3,4,5);(H2,1,2,3);;;;. The summed E-state index contributed by atoms with van der Waals surface area (Å²) in [4.78, 5) is 0. The van der Waals surface area contributed by atoms with Crippen LogP contribution in [0.25, 0.3) is 0 Å². The Morgan fingerprint density at radius 1 is 0.923 bits per heavy atom. The summed E-state index contributed by atoms with van der Waals surface area (Å²) < 4.78 is 65.8. The van der Waals surface area contributed by atoms with Gasteiger partial charge in [-0.15, -0.1) is 0 Å². The van der Waals surface area contributed by atoms with Gasteiger partial charge in [0, 0.05) is 0 Å². The van der Waals surface area contributed by atoms with Crippen molar-refractivity contribution in [3.8, 4) is 0 Å². The van der Waals surface area contributed by atoms with Crippen LogP contribution in [-0.2, 0) is 30.6 Å². The zero-order valence-electron chi connectivity index (χ0n) is 4.65. The first-order chi connectivity index (χ1) is 4.68. The van der Waals surface area contributed by atoms with Crippen molar-refractivity contribution >= 4 is 106 Å². The van der Waals surface area contributed by atoms with Crippen molar-refractivity contribution in [2.45, 2.75) is 0 Å². The maximum absolute atomic E-state index is 9.34. The predicted molar refractivity (Wildman–Crippen MR) is 52.8 cm³/mol. The zero-order valence-corrected chi connectivity index (χ0v) is 7.10. The molecule has 0 aliphatic carbocycles. The van der Waals surface area contributed by atoms with Gasteiger partial charge in [-0.2, -0.15) is 12.6 Å². The van der Waals surface area contributed by atoms with E-state index in [1.165, 1.54) is 0 Å². The first kappa shape index (κ1) is 24.7. The summed E-state index contributed by atoms with van der Waals surface area (Å²) in [6.07, 6.45) is 0. The van der Waals surface area contributed by atoms with E-state index in [0.29, 0.717) is 0 Å². The van der Waals surface area contributed by atoms with Gasteiger partial charge in [0.15, 0.2) is 0 Å². The number of rotatable bonds is 1. The molecule has 0 radical (unpaired) electrons. The first-order valence-electron chi connectivity index (χ1n) is 1.56. The van der Waals surface area contributed by atoms with Crippen molar-refractivity contribution in [3.05, 3.63) is 0 Å². The van der Waals surface area contributed by atoms with E-state index in [9.17, 15) is 12.6 Å². The van der Waals surface area contributed by atoms with E-state index in [1.54, 1.807) is 0 Å². The number of hydrogen-bond acceptors (Lipinski definition) is 4. The quantitative estimate of drug-likeness (QED) is 0.172. The van der Waals surface area contributed by atoms with E-state index in [4.69, 9.17) is 22.4 Å². The van der Waals surface area contributed by atoms with Crippen molar-refractivity contribution in [3.63, 3.8) is 0 Å². The fraction of sp³-hybridized carbons (Fsp3) is 0. The zero-order chi connectivity index (χ0) is 9.65. The van der Waals surface area contributed by atoms with Crippen LogP contribution in [0.1, 0.15) is 0 Å². The average Bonchev–Trinajstić information content (AvgIpc) is 1.59. The summed E-state index contributed by atoms with van der Waals surface area (Å²) in [6, 6.07) is 0. The third kappa shape index (κ3) is 31.3.